The molecule has 3 saturated heterocycles. The number of benzene rings is 2. The fourth-order valence-corrected chi connectivity index (χ4v) is 6.63. The maximum absolute atomic E-state index is 13.8. The van der Waals surface area contributed by atoms with Gasteiger partial charge in [-0.05, 0) is 73.4 Å². The lowest BCUT2D eigenvalue weighted by molar-refractivity contribution is -0.166. The first kappa shape index (κ1) is 34.7. The SMILES string of the molecule is CCCCN1C(=O)[C@@H]([C@H](O)C2CCOCC2)NC(=O)C12CCN(Cc1ccc(COc3ccc(C(=O)NC)cc3)cc1)CC2.Cl. The van der Waals surface area contributed by atoms with Crippen molar-refractivity contribution in [1.29, 1.82) is 0 Å². The summed E-state index contributed by atoms with van der Waals surface area (Å²) in [5.74, 6) is 0.241. The molecule has 3 N–H and O–H groups in total. The molecule has 0 unspecified atom stereocenters. The Bertz CT molecular complexity index is 1280. The minimum Gasteiger partial charge on any atom is -0.489 e. The van der Waals surface area contributed by atoms with Gasteiger partial charge in [0.2, 0.25) is 11.8 Å². The van der Waals surface area contributed by atoms with E-state index in [9.17, 15) is 19.5 Å². The van der Waals surface area contributed by atoms with Crippen molar-refractivity contribution in [3.8, 4) is 5.75 Å². The summed E-state index contributed by atoms with van der Waals surface area (Å²) >= 11 is 0. The summed E-state index contributed by atoms with van der Waals surface area (Å²) in [4.78, 5) is 43.4. The first-order chi connectivity index (χ1) is 21.3. The van der Waals surface area contributed by atoms with Gasteiger partial charge in [0.1, 0.15) is 23.9 Å². The van der Waals surface area contributed by atoms with Crippen LogP contribution in [0.1, 0.15) is 66.9 Å². The number of hydrogen-bond acceptors (Lipinski definition) is 7. The number of halogens is 1. The van der Waals surface area contributed by atoms with Crippen LogP contribution in [0.15, 0.2) is 48.5 Å². The van der Waals surface area contributed by atoms with Crippen LogP contribution in [0.5, 0.6) is 5.75 Å². The number of piperazine rings is 1. The zero-order valence-electron chi connectivity index (χ0n) is 26.3. The van der Waals surface area contributed by atoms with Crippen LogP contribution in [0, 0.1) is 5.92 Å². The van der Waals surface area contributed by atoms with E-state index in [0.29, 0.717) is 76.5 Å². The molecule has 1 spiro atoms. The Morgan fingerprint density at radius 1 is 1.07 bits per heavy atom. The Balaban J connectivity index is 0.00000461. The molecule has 0 aliphatic carbocycles. The predicted octanol–water partition coefficient (Wildman–Crippen LogP) is 3.30. The minimum atomic E-state index is -0.903. The Morgan fingerprint density at radius 3 is 2.33 bits per heavy atom. The van der Waals surface area contributed by atoms with E-state index in [0.717, 1.165) is 24.9 Å². The molecule has 0 bridgehead atoms. The molecule has 2 atom stereocenters. The van der Waals surface area contributed by atoms with Crippen molar-refractivity contribution in [2.45, 2.75) is 76.3 Å². The van der Waals surface area contributed by atoms with Gasteiger partial charge in [-0.2, -0.15) is 0 Å². The quantitative estimate of drug-likeness (QED) is 0.344. The van der Waals surface area contributed by atoms with Gasteiger partial charge in [-0.15, -0.1) is 12.4 Å². The van der Waals surface area contributed by atoms with E-state index in [1.165, 1.54) is 5.56 Å². The van der Waals surface area contributed by atoms with Crippen LogP contribution in [0.25, 0.3) is 0 Å². The topological polar surface area (TPSA) is 120 Å². The Kier molecular flexibility index (Phi) is 12.2. The van der Waals surface area contributed by atoms with Crippen LogP contribution < -0.4 is 15.4 Å². The number of likely N-dealkylation sites (tertiary alicyclic amines) is 1. The third-order valence-corrected chi connectivity index (χ3v) is 9.45. The maximum atomic E-state index is 13.8. The monoisotopic (exact) mass is 642 g/mol. The minimum absolute atomic E-state index is 0. The molecule has 0 radical (unpaired) electrons. The molecule has 3 fully saturated rings. The van der Waals surface area contributed by atoms with Crippen molar-refractivity contribution >= 4 is 30.1 Å². The summed E-state index contributed by atoms with van der Waals surface area (Å²) in [5, 5.41) is 16.7. The van der Waals surface area contributed by atoms with E-state index < -0.39 is 17.7 Å². The fraction of sp³-hybridized carbons (Fsp3) is 0.559. The van der Waals surface area contributed by atoms with Gasteiger partial charge in [0.05, 0.1) is 6.10 Å². The molecule has 45 heavy (non-hydrogen) atoms. The van der Waals surface area contributed by atoms with Gasteiger partial charge in [0.25, 0.3) is 5.91 Å². The van der Waals surface area contributed by atoms with Crippen molar-refractivity contribution in [3.05, 3.63) is 65.2 Å². The Hall–Kier alpha value is -3.18. The highest BCUT2D eigenvalue weighted by atomic mass is 35.5. The second kappa shape index (κ2) is 15.9. The average molecular weight is 643 g/mol. The number of nitrogens with zero attached hydrogens (tertiary/aromatic N) is 2. The van der Waals surface area contributed by atoms with Crippen LogP contribution in [0.2, 0.25) is 0 Å². The summed E-state index contributed by atoms with van der Waals surface area (Å²) < 4.78 is 11.3. The smallest absolute Gasteiger partial charge is 0.251 e. The van der Waals surface area contributed by atoms with Crippen LogP contribution in [0.4, 0.5) is 0 Å². The number of ether oxygens (including phenoxy) is 2. The number of amides is 3. The molecule has 246 valence electrons. The van der Waals surface area contributed by atoms with Crippen LogP contribution >= 0.6 is 12.4 Å². The van der Waals surface area contributed by atoms with E-state index in [1.807, 2.05) is 0 Å². The van der Waals surface area contributed by atoms with Gasteiger partial charge in [-0.25, -0.2) is 0 Å². The van der Waals surface area contributed by atoms with E-state index >= 15 is 0 Å². The molecule has 0 aromatic heterocycles. The fourth-order valence-electron chi connectivity index (χ4n) is 6.63. The zero-order chi connectivity index (χ0) is 31.1. The van der Waals surface area contributed by atoms with Crippen molar-refractivity contribution in [3.63, 3.8) is 0 Å². The number of aliphatic hydroxyl groups is 1. The summed E-state index contributed by atoms with van der Waals surface area (Å²) in [6.07, 6.45) is 3.36. The highest BCUT2D eigenvalue weighted by molar-refractivity contribution is 6.00. The van der Waals surface area contributed by atoms with Crippen molar-refractivity contribution < 1.29 is 29.0 Å². The molecular weight excluding hydrogens is 596 g/mol. The van der Waals surface area contributed by atoms with Gasteiger partial charge >= 0.3 is 0 Å². The number of aliphatic hydroxyl groups excluding tert-OH is 1. The molecule has 5 rings (SSSR count). The maximum Gasteiger partial charge on any atom is 0.251 e. The summed E-state index contributed by atoms with van der Waals surface area (Å²) in [5.41, 5.74) is 1.94. The first-order valence-electron chi connectivity index (χ1n) is 16.0. The average Bonchev–Trinajstić information content (AvgIpc) is 3.07. The Morgan fingerprint density at radius 2 is 1.71 bits per heavy atom. The molecule has 0 saturated carbocycles. The van der Waals surface area contributed by atoms with Crippen molar-refractivity contribution in [2.75, 3.05) is 39.9 Å². The number of unbranched alkanes of at least 4 members (excludes halogenated alkanes) is 1. The van der Waals surface area contributed by atoms with Gasteiger partial charge in [-0.1, -0.05) is 37.6 Å². The van der Waals surface area contributed by atoms with E-state index in [1.54, 1.807) is 36.2 Å². The lowest BCUT2D eigenvalue weighted by atomic mass is 9.79. The van der Waals surface area contributed by atoms with Gasteiger partial charge in [-0.3, -0.25) is 19.3 Å². The number of piperidine rings is 1. The zero-order valence-corrected chi connectivity index (χ0v) is 27.2. The van der Waals surface area contributed by atoms with Crippen LogP contribution in [-0.4, -0.2) is 90.2 Å². The van der Waals surface area contributed by atoms with Crippen molar-refractivity contribution in [2.24, 2.45) is 5.92 Å². The molecular formula is C34H47ClN4O6. The number of hydrogen-bond donors (Lipinski definition) is 3. The molecule has 3 aliphatic heterocycles. The predicted molar refractivity (Wildman–Crippen MR) is 173 cm³/mol. The van der Waals surface area contributed by atoms with E-state index in [-0.39, 0.29) is 36.0 Å². The first-order valence-corrected chi connectivity index (χ1v) is 16.0. The third-order valence-electron chi connectivity index (χ3n) is 9.45. The molecule has 10 nitrogen and oxygen atoms in total. The lowest BCUT2D eigenvalue weighted by Crippen LogP contribution is -2.75. The second-order valence-electron chi connectivity index (χ2n) is 12.3. The van der Waals surface area contributed by atoms with Gasteiger partial charge in [0.15, 0.2) is 0 Å². The summed E-state index contributed by atoms with van der Waals surface area (Å²) in [6, 6.07) is 14.5. The van der Waals surface area contributed by atoms with Crippen LogP contribution in [-0.2, 0) is 27.5 Å². The molecule has 3 heterocycles. The standard InChI is InChI=1S/C34H46N4O6.ClH/c1-3-4-17-38-32(41)29(30(39)26-13-20-43-21-14-26)36-33(42)34(38)15-18-37(19-16-34)22-24-5-7-25(8-6-24)23-44-28-11-9-27(10-12-28)31(40)35-2;/h5-12,26,29-30,39H,3-4,13-23H2,1-2H3,(H,35,40)(H,36,42);1H/t29-,30-;/m1./s1. The third kappa shape index (κ3) is 7.98. The molecule has 2 aromatic rings. The molecule has 11 heteroatoms. The Labute approximate surface area is 272 Å². The van der Waals surface area contributed by atoms with Gasteiger partial charge < -0.3 is 30.1 Å². The normalized spacial score (nSPS) is 21.1. The van der Waals surface area contributed by atoms with Gasteiger partial charge in [0, 0.05) is 52.0 Å². The van der Waals surface area contributed by atoms with E-state index in [4.69, 9.17) is 9.47 Å². The summed E-state index contributed by atoms with van der Waals surface area (Å²) in [7, 11) is 1.61. The summed E-state index contributed by atoms with van der Waals surface area (Å²) in [6.45, 7) is 6.34. The number of nitrogens with one attached hydrogen (secondary N) is 2. The highest BCUT2D eigenvalue weighted by Crippen LogP contribution is 2.35. The highest BCUT2D eigenvalue weighted by Gasteiger charge is 2.55. The van der Waals surface area contributed by atoms with Crippen molar-refractivity contribution in [1.82, 2.24) is 20.4 Å². The van der Waals surface area contributed by atoms with E-state index in [2.05, 4.69) is 46.7 Å². The number of carbonyl (C=O) groups is 3. The lowest BCUT2D eigenvalue weighted by Gasteiger charge is -2.52. The largest absolute Gasteiger partial charge is 0.489 e. The molecule has 3 amide bonds. The second-order valence-corrected chi connectivity index (χ2v) is 12.3. The van der Waals surface area contributed by atoms with Crippen LogP contribution in [0.3, 0.4) is 0 Å². The molecule has 2 aromatic carbocycles. The molecule has 3 aliphatic rings. The number of rotatable bonds is 11. The number of carbonyl (C=O) groups excluding carboxylic acids is 3.